The summed E-state index contributed by atoms with van der Waals surface area (Å²) in [4.78, 5) is 119. The van der Waals surface area contributed by atoms with Crippen LogP contribution in [-0.4, -0.2) is 186 Å². The minimum absolute atomic E-state index is 0.0892. The van der Waals surface area contributed by atoms with Crippen molar-refractivity contribution in [2.75, 3.05) is 72.5 Å². The SMILES string of the molecule is N[C@@H](CCCCNC(=O)COCCOCCNC(=O)COCCOCCNC(=O)CC[C@H](NC(O)CC[C@H](NC(=O)CC[C@H](NC(=O)CCCCCCCCCCCCCCCCCCC(=O)O)C(=O)O)C(=O)O)C(=O)O)C(=O)I. The number of carboxylic acids is 4. The first-order valence-electron chi connectivity index (χ1n) is 28.3. The average molecular weight is 1260 g/mol. The zero-order valence-corrected chi connectivity index (χ0v) is 48.8. The Balaban J connectivity index is 4.13. The second-order valence-corrected chi connectivity index (χ2v) is 20.5. The third kappa shape index (κ3) is 48.1. The van der Waals surface area contributed by atoms with Crippen LogP contribution >= 0.6 is 22.6 Å². The number of hydrogen-bond acceptors (Lipinski definition) is 17. The van der Waals surface area contributed by atoms with Crippen molar-refractivity contribution >= 4 is 79.8 Å². The van der Waals surface area contributed by atoms with Crippen molar-refractivity contribution < 1.29 is 92.4 Å². The Kier molecular flexibility index (Phi) is 48.3. The van der Waals surface area contributed by atoms with Gasteiger partial charge in [0.15, 0.2) is 0 Å². The molecule has 0 saturated heterocycles. The number of aliphatic carboxylic acids is 4. The highest BCUT2D eigenvalue weighted by Gasteiger charge is 2.27. The van der Waals surface area contributed by atoms with Gasteiger partial charge in [0.05, 0.1) is 45.7 Å². The molecule has 0 heterocycles. The average Bonchev–Trinajstić information content (AvgIpc) is 3.40. The first kappa shape index (κ1) is 75.3. The molecule has 0 rings (SSSR count). The smallest absolute Gasteiger partial charge is 0.326 e. The molecule has 0 aromatic rings. The van der Waals surface area contributed by atoms with E-state index in [9.17, 15) is 68.4 Å². The summed E-state index contributed by atoms with van der Waals surface area (Å²) in [5, 5.41) is 63.2. The Hall–Kier alpha value is -4.65. The lowest BCUT2D eigenvalue weighted by atomic mass is 10.0. The van der Waals surface area contributed by atoms with Crippen LogP contribution in [0, 0.1) is 0 Å². The summed E-state index contributed by atoms with van der Waals surface area (Å²) < 4.78 is 21.2. The lowest BCUT2D eigenvalue weighted by Crippen LogP contribution is -2.46. The van der Waals surface area contributed by atoms with Crippen molar-refractivity contribution in [3.05, 3.63) is 0 Å². The third-order valence-corrected chi connectivity index (χ3v) is 13.3. The van der Waals surface area contributed by atoms with Gasteiger partial charge in [-0.15, -0.1) is 0 Å². The molecule has 27 heteroatoms. The maximum absolute atomic E-state index is 12.7. The first-order chi connectivity index (χ1) is 38.3. The maximum atomic E-state index is 12.7. The zero-order valence-electron chi connectivity index (χ0n) is 46.7. The summed E-state index contributed by atoms with van der Waals surface area (Å²) in [5.74, 6) is -7.30. The topological polar surface area (TPSA) is 407 Å². The van der Waals surface area contributed by atoms with Crippen molar-refractivity contribution in [2.24, 2.45) is 5.73 Å². The number of rotatable bonds is 57. The van der Waals surface area contributed by atoms with E-state index in [0.29, 0.717) is 25.8 Å². The number of aliphatic hydroxyl groups excluding tert-OH is 1. The summed E-state index contributed by atoms with van der Waals surface area (Å²) in [6.45, 7) is 1.35. The van der Waals surface area contributed by atoms with Crippen LogP contribution in [0.25, 0.3) is 0 Å². The number of aliphatic hydroxyl groups is 1. The maximum Gasteiger partial charge on any atom is 0.326 e. The van der Waals surface area contributed by atoms with Crippen molar-refractivity contribution in [2.45, 2.75) is 204 Å². The van der Waals surface area contributed by atoms with E-state index < -0.39 is 78.4 Å². The fraction of sp³-hybridized carbons (Fsp3) is 0.811. The van der Waals surface area contributed by atoms with Crippen LogP contribution in [0.15, 0.2) is 0 Å². The van der Waals surface area contributed by atoms with E-state index >= 15 is 0 Å². The molecule has 5 amide bonds. The van der Waals surface area contributed by atoms with Gasteiger partial charge in [-0.1, -0.05) is 89.9 Å². The number of carbonyl (C=O) groups is 10. The summed E-state index contributed by atoms with van der Waals surface area (Å²) in [6.07, 6.45) is 16.0. The number of nitrogens with two attached hydrogens (primary N) is 1. The van der Waals surface area contributed by atoms with Gasteiger partial charge < -0.3 is 76.8 Å². The molecule has 0 radical (unpaired) electrons. The lowest BCUT2D eigenvalue weighted by molar-refractivity contribution is -0.143. The highest BCUT2D eigenvalue weighted by Crippen LogP contribution is 2.15. The second-order valence-electron chi connectivity index (χ2n) is 19.5. The van der Waals surface area contributed by atoms with Gasteiger partial charge in [-0.3, -0.25) is 43.7 Å². The van der Waals surface area contributed by atoms with Gasteiger partial charge in [0, 0.05) is 67.9 Å². The normalized spacial score (nSPS) is 13.0. The van der Waals surface area contributed by atoms with E-state index in [-0.39, 0.29) is 126 Å². The van der Waals surface area contributed by atoms with Gasteiger partial charge in [-0.25, -0.2) is 9.59 Å². The predicted molar refractivity (Wildman–Crippen MR) is 301 cm³/mol. The Bertz CT molecular complexity index is 1770. The molecule has 0 aromatic carbocycles. The zero-order chi connectivity index (χ0) is 59.6. The van der Waals surface area contributed by atoms with Crippen LogP contribution in [0.1, 0.15) is 173 Å². The summed E-state index contributed by atoms with van der Waals surface area (Å²) in [7, 11) is 0. The number of carbonyl (C=O) groups excluding carboxylic acids is 6. The summed E-state index contributed by atoms with van der Waals surface area (Å²) in [5.41, 5.74) is 5.67. The molecule has 462 valence electrons. The van der Waals surface area contributed by atoms with E-state index in [1.807, 2.05) is 0 Å². The monoisotopic (exact) mass is 1260 g/mol. The summed E-state index contributed by atoms with van der Waals surface area (Å²) >= 11 is 1.67. The highest BCUT2D eigenvalue weighted by atomic mass is 127. The Morgan fingerprint density at radius 3 is 1.24 bits per heavy atom. The molecule has 5 atom stereocenters. The predicted octanol–water partition coefficient (Wildman–Crippen LogP) is 2.81. The van der Waals surface area contributed by atoms with Gasteiger partial charge in [0.1, 0.15) is 37.6 Å². The van der Waals surface area contributed by atoms with Gasteiger partial charge >= 0.3 is 23.9 Å². The van der Waals surface area contributed by atoms with Crippen molar-refractivity contribution in [1.82, 2.24) is 31.9 Å². The molecule has 0 bridgehead atoms. The molecule has 0 fully saturated rings. The van der Waals surface area contributed by atoms with Crippen LogP contribution in [0.3, 0.4) is 0 Å². The fourth-order valence-electron chi connectivity index (χ4n) is 7.87. The second kappa shape index (κ2) is 51.2. The standard InChI is InChI=1S/C53H94IN7O19/c54-50(70)39(55)19-17-18-28-56-47(66)37-79-35-34-78-32-30-58-48(67)38-80-36-33-77-31-29-57-43(62)25-22-40(51(71)72)60-45(64)27-24-42(53(75)76)61-46(65)26-23-41(52(73)74)59-44(63)20-15-13-11-9-7-5-3-1-2-4-6-8-10-12-14-16-21-49(68)69/h39-42,45,60,64H,1-38,55H2,(H,56,66)(H,57,62)(H,58,67)(H,59,63)(H,61,65)(H,68,69)(H,71,72)(H,73,74)(H,75,76)/t39-,40-,41-,42-,45?/m0/s1. The van der Waals surface area contributed by atoms with E-state index in [0.717, 1.165) is 64.2 Å². The van der Waals surface area contributed by atoms with Gasteiger partial charge in [-0.2, -0.15) is 0 Å². The van der Waals surface area contributed by atoms with Crippen LogP contribution in [0.5, 0.6) is 0 Å². The molecule has 0 aliphatic rings. The molecule has 26 nitrogen and oxygen atoms in total. The minimum atomic E-state index is -1.53. The van der Waals surface area contributed by atoms with Crippen LogP contribution < -0.4 is 37.6 Å². The minimum Gasteiger partial charge on any atom is -0.481 e. The Morgan fingerprint density at radius 1 is 0.388 bits per heavy atom. The number of hydrogen-bond donors (Lipinski definition) is 12. The number of nitrogens with one attached hydrogen (secondary N) is 6. The highest BCUT2D eigenvalue weighted by molar-refractivity contribution is 14.1. The Morgan fingerprint density at radius 2 is 0.775 bits per heavy atom. The molecule has 1 unspecified atom stereocenters. The third-order valence-electron chi connectivity index (χ3n) is 12.5. The van der Waals surface area contributed by atoms with E-state index in [1.54, 1.807) is 22.6 Å². The van der Waals surface area contributed by atoms with Crippen LogP contribution in [-0.2, 0) is 66.9 Å². The number of halogens is 1. The molecule has 13 N–H and O–H groups in total. The van der Waals surface area contributed by atoms with Crippen LogP contribution in [0.2, 0.25) is 0 Å². The molecule has 0 aliphatic carbocycles. The van der Waals surface area contributed by atoms with E-state index in [4.69, 9.17) is 29.8 Å². The van der Waals surface area contributed by atoms with Gasteiger partial charge in [0.2, 0.25) is 33.3 Å². The molecule has 0 spiro atoms. The first-order valence-corrected chi connectivity index (χ1v) is 29.4. The molecular formula is C53H94IN7O19. The van der Waals surface area contributed by atoms with Crippen molar-refractivity contribution in [1.29, 1.82) is 0 Å². The number of amides is 5. The van der Waals surface area contributed by atoms with E-state index in [1.165, 1.54) is 38.5 Å². The largest absolute Gasteiger partial charge is 0.481 e. The number of carboxylic acid groups (broad SMARTS) is 4. The van der Waals surface area contributed by atoms with Crippen LogP contribution in [0.4, 0.5) is 0 Å². The molecule has 80 heavy (non-hydrogen) atoms. The summed E-state index contributed by atoms with van der Waals surface area (Å²) in [6, 6.07) is -4.75. The fourth-order valence-corrected chi connectivity index (χ4v) is 8.18. The quantitative estimate of drug-likeness (QED) is 0.0180. The molecule has 0 aromatic heterocycles. The van der Waals surface area contributed by atoms with Crippen molar-refractivity contribution in [3.8, 4) is 0 Å². The van der Waals surface area contributed by atoms with E-state index in [2.05, 4.69) is 31.9 Å². The lowest BCUT2D eigenvalue weighted by Gasteiger charge is -2.21. The van der Waals surface area contributed by atoms with Gasteiger partial charge in [-0.05, 0) is 57.8 Å². The Labute approximate surface area is 484 Å². The molecule has 0 saturated carbocycles. The number of ether oxygens (including phenoxy) is 4. The molecular weight excluding hydrogens is 1170 g/mol. The molecule has 0 aliphatic heterocycles. The van der Waals surface area contributed by atoms with Crippen molar-refractivity contribution in [3.63, 3.8) is 0 Å². The number of unbranched alkanes of at least 4 members (excludes halogenated alkanes) is 16. The van der Waals surface area contributed by atoms with Gasteiger partial charge in [0.25, 0.3) is 0 Å².